The molecule has 2 rings (SSSR count). The summed E-state index contributed by atoms with van der Waals surface area (Å²) in [5.74, 6) is 2.09. The highest BCUT2D eigenvalue weighted by molar-refractivity contribution is 5.35. The van der Waals surface area contributed by atoms with Crippen LogP contribution in [0.4, 0.5) is 0 Å². The Labute approximate surface area is 119 Å². The Hall–Kier alpha value is -2.07. The lowest BCUT2D eigenvalue weighted by molar-refractivity contribution is 0.338. The van der Waals surface area contributed by atoms with Crippen LogP contribution in [0.5, 0.6) is 17.4 Å². The monoisotopic (exact) mass is 272 g/mol. The highest BCUT2D eigenvalue weighted by Crippen LogP contribution is 2.24. The summed E-state index contributed by atoms with van der Waals surface area (Å²) >= 11 is 0. The lowest BCUT2D eigenvalue weighted by Gasteiger charge is -2.11. The van der Waals surface area contributed by atoms with Crippen LogP contribution in [0.2, 0.25) is 0 Å². The molecule has 106 valence electrons. The summed E-state index contributed by atoms with van der Waals surface area (Å²) in [6.45, 7) is 4.68. The van der Waals surface area contributed by atoms with Gasteiger partial charge in [0.25, 0.3) is 0 Å². The van der Waals surface area contributed by atoms with Gasteiger partial charge >= 0.3 is 0 Å². The van der Waals surface area contributed by atoms with Crippen LogP contribution in [0.1, 0.15) is 25.5 Å². The van der Waals surface area contributed by atoms with Gasteiger partial charge in [-0.1, -0.05) is 12.1 Å². The van der Waals surface area contributed by atoms with E-state index in [0.717, 1.165) is 17.1 Å². The van der Waals surface area contributed by atoms with Crippen LogP contribution in [0, 0.1) is 0 Å². The van der Waals surface area contributed by atoms with Gasteiger partial charge in [0.15, 0.2) is 0 Å². The first-order valence-electron chi connectivity index (χ1n) is 6.77. The van der Waals surface area contributed by atoms with Crippen molar-refractivity contribution in [1.29, 1.82) is 0 Å². The van der Waals surface area contributed by atoms with Crippen LogP contribution in [0.15, 0.2) is 42.6 Å². The van der Waals surface area contributed by atoms with Crippen LogP contribution >= 0.6 is 0 Å². The number of hydrogen-bond acceptors (Lipinski definition) is 4. The molecule has 1 N–H and O–H groups in total. The second-order valence-corrected chi connectivity index (χ2v) is 4.45. The molecule has 1 aromatic heterocycles. The summed E-state index contributed by atoms with van der Waals surface area (Å²) in [6, 6.07) is 11.7. The summed E-state index contributed by atoms with van der Waals surface area (Å²) in [5.41, 5.74) is 1.13. The lowest BCUT2D eigenvalue weighted by Crippen LogP contribution is -2.12. The molecular formula is C16H20N2O2. The van der Waals surface area contributed by atoms with Crippen LogP contribution in [0.25, 0.3) is 0 Å². The molecule has 4 heteroatoms. The Morgan fingerprint density at radius 2 is 2.00 bits per heavy atom. The fraction of sp³-hybridized carbons (Fsp3) is 0.312. The highest BCUT2D eigenvalue weighted by Gasteiger charge is 2.04. The van der Waals surface area contributed by atoms with Crippen molar-refractivity contribution in [3.05, 3.63) is 48.2 Å². The first-order chi connectivity index (χ1) is 9.72. The van der Waals surface area contributed by atoms with Crippen molar-refractivity contribution in [3.8, 4) is 17.4 Å². The number of benzene rings is 1. The van der Waals surface area contributed by atoms with E-state index in [0.29, 0.717) is 12.5 Å². The number of pyridine rings is 1. The maximum atomic E-state index is 5.72. The fourth-order valence-electron chi connectivity index (χ4n) is 1.79. The average molecular weight is 272 g/mol. The van der Waals surface area contributed by atoms with Gasteiger partial charge in [-0.15, -0.1) is 0 Å². The van der Waals surface area contributed by atoms with E-state index in [1.807, 2.05) is 56.6 Å². The minimum absolute atomic E-state index is 0.276. The van der Waals surface area contributed by atoms with Gasteiger partial charge in [0.1, 0.15) is 11.5 Å². The van der Waals surface area contributed by atoms with Gasteiger partial charge < -0.3 is 14.8 Å². The maximum absolute atomic E-state index is 5.72. The third-order valence-electron chi connectivity index (χ3n) is 3.03. The zero-order valence-electron chi connectivity index (χ0n) is 12.1. The predicted molar refractivity (Wildman–Crippen MR) is 79.4 cm³/mol. The molecule has 20 heavy (non-hydrogen) atoms. The first kappa shape index (κ1) is 14.3. The maximum Gasteiger partial charge on any atom is 0.219 e. The Balaban J connectivity index is 2.08. The molecule has 0 amide bonds. The molecule has 0 saturated heterocycles. The molecule has 4 nitrogen and oxygen atoms in total. The van der Waals surface area contributed by atoms with Crippen molar-refractivity contribution < 1.29 is 9.47 Å². The summed E-state index contributed by atoms with van der Waals surface area (Å²) in [5, 5.41) is 3.17. The van der Waals surface area contributed by atoms with Crippen molar-refractivity contribution in [2.24, 2.45) is 0 Å². The van der Waals surface area contributed by atoms with E-state index in [9.17, 15) is 0 Å². The Kier molecular flexibility index (Phi) is 4.96. The smallest absolute Gasteiger partial charge is 0.219 e. The molecule has 0 radical (unpaired) electrons. The van der Waals surface area contributed by atoms with Crippen molar-refractivity contribution in [3.63, 3.8) is 0 Å². The van der Waals surface area contributed by atoms with Crippen LogP contribution in [0.3, 0.4) is 0 Å². The normalized spacial score (nSPS) is 11.9. The highest BCUT2D eigenvalue weighted by atomic mass is 16.5. The fourth-order valence-corrected chi connectivity index (χ4v) is 1.79. The number of rotatable bonds is 6. The number of aromatic nitrogens is 1. The molecular weight excluding hydrogens is 252 g/mol. The van der Waals surface area contributed by atoms with E-state index >= 15 is 0 Å². The van der Waals surface area contributed by atoms with E-state index in [2.05, 4.69) is 17.2 Å². The molecule has 0 aliphatic carbocycles. The van der Waals surface area contributed by atoms with Gasteiger partial charge in [-0.05, 0) is 38.6 Å². The van der Waals surface area contributed by atoms with E-state index in [-0.39, 0.29) is 6.04 Å². The third-order valence-corrected chi connectivity index (χ3v) is 3.03. The van der Waals surface area contributed by atoms with Crippen molar-refractivity contribution >= 4 is 0 Å². The average Bonchev–Trinajstić information content (AvgIpc) is 2.48. The Morgan fingerprint density at radius 1 is 1.20 bits per heavy atom. The van der Waals surface area contributed by atoms with Gasteiger partial charge in [-0.25, -0.2) is 4.98 Å². The minimum atomic E-state index is 0.276. The number of hydrogen-bond donors (Lipinski definition) is 1. The second kappa shape index (κ2) is 6.91. The molecule has 1 aromatic carbocycles. The molecule has 1 heterocycles. The minimum Gasteiger partial charge on any atom is -0.494 e. The van der Waals surface area contributed by atoms with Gasteiger partial charge in [0.05, 0.1) is 6.61 Å². The van der Waals surface area contributed by atoms with Gasteiger partial charge in [0.2, 0.25) is 5.88 Å². The number of nitrogens with one attached hydrogen (secondary N) is 1. The largest absolute Gasteiger partial charge is 0.494 e. The zero-order valence-corrected chi connectivity index (χ0v) is 12.1. The summed E-state index contributed by atoms with van der Waals surface area (Å²) in [4.78, 5) is 4.32. The van der Waals surface area contributed by atoms with Crippen molar-refractivity contribution in [1.82, 2.24) is 10.3 Å². The van der Waals surface area contributed by atoms with Gasteiger partial charge in [-0.3, -0.25) is 0 Å². The van der Waals surface area contributed by atoms with Crippen molar-refractivity contribution in [2.45, 2.75) is 19.9 Å². The quantitative estimate of drug-likeness (QED) is 0.873. The topological polar surface area (TPSA) is 43.4 Å². The second-order valence-electron chi connectivity index (χ2n) is 4.45. The molecule has 1 atom stereocenters. The molecule has 0 spiro atoms. The molecule has 0 bridgehead atoms. The Morgan fingerprint density at radius 3 is 2.65 bits per heavy atom. The van der Waals surface area contributed by atoms with Crippen LogP contribution in [-0.2, 0) is 0 Å². The predicted octanol–water partition coefficient (Wildman–Crippen LogP) is 3.55. The number of nitrogens with zero attached hydrogens (tertiary/aromatic N) is 1. The summed E-state index contributed by atoms with van der Waals surface area (Å²) < 4.78 is 11.2. The molecule has 0 fully saturated rings. The van der Waals surface area contributed by atoms with Crippen molar-refractivity contribution in [2.75, 3.05) is 13.7 Å². The van der Waals surface area contributed by atoms with E-state index in [1.54, 1.807) is 0 Å². The van der Waals surface area contributed by atoms with Gasteiger partial charge in [0, 0.05) is 24.4 Å². The SMILES string of the molecule is CCOc1cccc(Oc2ccc(C(C)NC)cn2)c1. The zero-order chi connectivity index (χ0) is 14.4. The van der Waals surface area contributed by atoms with Gasteiger partial charge in [-0.2, -0.15) is 0 Å². The molecule has 1 unspecified atom stereocenters. The molecule has 2 aromatic rings. The first-order valence-corrected chi connectivity index (χ1v) is 6.77. The number of ether oxygens (including phenoxy) is 2. The lowest BCUT2D eigenvalue weighted by atomic mass is 10.1. The summed E-state index contributed by atoms with van der Waals surface area (Å²) in [7, 11) is 1.92. The summed E-state index contributed by atoms with van der Waals surface area (Å²) in [6.07, 6.45) is 1.82. The van der Waals surface area contributed by atoms with Crippen LogP contribution < -0.4 is 14.8 Å². The molecule has 0 aliphatic heterocycles. The third kappa shape index (κ3) is 3.71. The van der Waals surface area contributed by atoms with Crippen LogP contribution in [-0.4, -0.2) is 18.6 Å². The van der Waals surface area contributed by atoms with E-state index in [4.69, 9.17) is 9.47 Å². The van der Waals surface area contributed by atoms with E-state index < -0.39 is 0 Å². The van der Waals surface area contributed by atoms with E-state index in [1.165, 1.54) is 0 Å². The molecule has 0 aliphatic rings. The Bertz CT molecular complexity index is 540. The standard InChI is InChI=1S/C16H20N2O2/c1-4-19-14-6-5-7-15(10-14)20-16-9-8-13(11-18-16)12(2)17-3/h5-12,17H,4H2,1-3H3. The molecule has 0 saturated carbocycles.